The van der Waals surface area contributed by atoms with Crippen LogP contribution in [0.2, 0.25) is 0 Å². The van der Waals surface area contributed by atoms with Crippen molar-refractivity contribution in [2.24, 2.45) is 0 Å². The van der Waals surface area contributed by atoms with Crippen molar-refractivity contribution in [3.63, 3.8) is 0 Å². The molecule has 2 aromatic rings. The second kappa shape index (κ2) is 6.72. The highest BCUT2D eigenvalue weighted by molar-refractivity contribution is 7.15. The van der Waals surface area contributed by atoms with Crippen LogP contribution in [0.5, 0.6) is 0 Å². The average Bonchev–Trinajstić information content (AvgIpc) is 2.90. The molecule has 0 fully saturated rings. The first kappa shape index (κ1) is 13.3. The summed E-state index contributed by atoms with van der Waals surface area (Å²) in [5.74, 6) is 0. The summed E-state index contributed by atoms with van der Waals surface area (Å²) in [6.07, 6.45) is 2.40. The van der Waals surface area contributed by atoms with Crippen LogP contribution >= 0.6 is 11.3 Å². The van der Waals surface area contributed by atoms with Crippen molar-refractivity contribution in [2.75, 3.05) is 0 Å². The highest BCUT2D eigenvalue weighted by Crippen LogP contribution is 2.27. The van der Waals surface area contributed by atoms with E-state index in [4.69, 9.17) is 0 Å². The lowest BCUT2D eigenvalue weighted by molar-refractivity contribution is 0.486. The molecule has 2 heteroatoms. The van der Waals surface area contributed by atoms with E-state index in [2.05, 4.69) is 61.6 Å². The molecule has 0 radical (unpaired) electrons. The van der Waals surface area contributed by atoms with Crippen LogP contribution in [0.25, 0.3) is 10.4 Å². The Hall–Kier alpha value is -1.12. The zero-order chi connectivity index (χ0) is 12.8. The summed E-state index contributed by atoms with van der Waals surface area (Å²) < 4.78 is 0. The van der Waals surface area contributed by atoms with Crippen LogP contribution in [-0.2, 0) is 6.54 Å². The van der Waals surface area contributed by atoms with E-state index in [1.54, 1.807) is 0 Å². The fourth-order valence-electron chi connectivity index (χ4n) is 2.05. The third kappa shape index (κ3) is 3.44. The molecule has 18 heavy (non-hydrogen) atoms. The lowest BCUT2D eigenvalue weighted by atomic mass is 10.2. The van der Waals surface area contributed by atoms with Crippen molar-refractivity contribution in [3.05, 3.63) is 47.3 Å². The maximum atomic E-state index is 3.61. The van der Waals surface area contributed by atoms with Gasteiger partial charge in [-0.05, 0) is 30.5 Å². The van der Waals surface area contributed by atoms with Crippen LogP contribution in [-0.4, -0.2) is 6.04 Å². The molecule has 1 aromatic heterocycles. The van der Waals surface area contributed by atoms with Gasteiger partial charge >= 0.3 is 0 Å². The molecule has 0 amide bonds. The van der Waals surface area contributed by atoms with E-state index in [1.807, 2.05) is 11.3 Å². The monoisotopic (exact) mass is 259 g/mol. The fourth-order valence-corrected chi connectivity index (χ4v) is 3.02. The number of benzene rings is 1. The maximum absolute atomic E-state index is 3.61. The zero-order valence-corrected chi connectivity index (χ0v) is 12.0. The van der Waals surface area contributed by atoms with Crippen LogP contribution in [0.3, 0.4) is 0 Å². The van der Waals surface area contributed by atoms with Crippen molar-refractivity contribution in [1.29, 1.82) is 0 Å². The summed E-state index contributed by atoms with van der Waals surface area (Å²) in [6.45, 7) is 5.47. The average molecular weight is 259 g/mol. The van der Waals surface area contributed by atoms with Crippen molar-refractivity contribution < 1.29 is 0 Å². The van der Waals surface area contributed by atoms with Gasteiger partial charge in [-0.15, -0.1) is 11.3 Å². The van der Waals surface area contributed by atoms with Gasteiger partial charge in [0.1, 0.15) is 0 Å². The molecule has 0 atom stereocenters. The Morgan fingerprint density at radius 2 is 1.72 bits per heavy atom. The van der Waals surface area contributed by atoms with Gasteiger partial charge in [0, 0.05) is 22.3 Å². The summed E-state index contributed by atoms with van der Waals surface area (Å²) >= 11 is 1.89. The molecule has 0 aliphatic rings. The molecule has 96 valence electrons. The lowest BCUT2D eigenvalue weighted by Crippen LogP contribution is -2.26. The van der Waals surface area contributed by atoms with E-state index in [-0.39, 0.29) is 0 Å². The molecule has 1 heterocycles. The molecule has 0 aliphatic carbocycles. The van der Waals surface area contributed by atoms with Crippen molar-refractivity contribution in [3.8, 4) is 10.4 Å². The Bertz CT molecular complexity index is 457. The van der Waals surface area contributed by atoms with E-state index >= 15 is 0 Å². The van der Waals surface area contributed by atoms with Crippen LogP contribution in [0.4, 0.5) is 0 Å². The van der Waals surface area contributed by atoms with E-state index in [9.17, 15) is 0 Å². The van der Waals surface area contributed by atoms with Gasteiger partial charge < -0.3 is 5.32 Å². The number of nitrogens with one attached hydrogen (secondary N) is 1. The Labute approximate surface area is 114 Å². The van der Waals surface area contributed by atoms with Crippen LogP contribution in [0.15, 0.2) is 42.5 Å². The van der Waals surface area contributed by atoms with Gasteiger partial charge in [0.05, 0.1) is 0 Å². The van der Waals surface area contributed by atoms with Crippen LogP contribution in [0.1, 0.15) is 31.6 Å². The Morgan fingerprint density at radius 1 is 1.00 bits per heavy atom. The van der Waals surface area contributed by atoms with Crippen LogP contribution < -0.4 is 5.32 Å². The first-order valence-corrected chi connectivity index (χ1v) is 7.52. The molecule has 0 bridgehead atoms. The highest BCUT2D eigenvalue weighted by atomic mass is 32.1. The number of hydrogen-bond donors (Lipinski definition) is 1. The summed E-state index contributed by atoms with van der Waals surface area (Å²) in [5, 5.41) is 3.61. The van der Waals surface area contributed by atoms with E-state index in [0.29, 0.717) is 6.04 Å². The predicted molar refractivity (Wildman–Crippen MR) is 81.0 cm³/mol. The molecular formula is C16H21NS. The van der Waals surface area contributed by atoms with Gasteiger partial charge in [-0.25, -0.2) is 0 Å². The number of thiophene rings is 1. The van der Waals surface area contributed by atoms with Gasteiger partial charge in [-0.1, -0.05) is 44.2 Å². The van der Waals surface area contributed by atoms with E-state index in [1.165, 1.54) is 28.2 Å². The van der Waals surface area contributed by atoms with Gasteiger partial charge in [-0.3, -0.25) is 0 Å². The lowest BCUT2D eigenvalue weighted by Gasteiger charge is -2.13. The smallest absolute Gasteiger partial charge is 0.0346 e. The standard InChI is InChI=1S/C16H21NS/c1-3-14(4-2)17-12-15-10-11-16(18-15)13-8-6-5-7-9-13/h5-11,14,17H,3-4,12H2,1-2H3. The van der Waals surface area contributed by atoms with Gasteiger partial charge in [0.2, 0.25) is 0 Å². The third-order valence-corrected chi connectivity index (χ3v) is 4.40. The quantitative estimate of drug-likeness (QED) is 0.793. The van der Waals surface area contributed by atoms with Crippen molar-refractivity contribution >= 4 is 11.3 Å². The van der Waals surface area contributed by atoms with Crippen molar-refractivity contribution in [2.45, 2.75) is 39.3 Å². The Kier molecular flexibility index (Phi) is 4.97. The van der Waals surface area contributed by atoms with E-state index < -0.39 is 0 Å². The number of rotatable bonds is 6. The molecular weight excluding hydrogens is 238 g/mol. The van der Waals surface area contributed by atoms with Crippen LogP contribution in [0, 0.1) is 0 Å². The van der Waals surface area contributed by atoms with Gasteiger partial charge in [0.25, 0.3) is 0 Å². The number of hydrogen-bond acceptors (Lipinski definition) is 2. The molecule has 0 unspecified atom stereocenters. The molecule has 1 N–H and O–H groups in total. The molecule has 1 aromatic carbocycles. The summed E-state index contributed by atoms with van der Waals surface area (Å²) in [7, 11) is 0. The summed E-state index contributed by atoms with van der Waals surface area (Å²) in [4.78, 5) is 2.78. The first-order valence-electron chi connectivity index (χ1n) is 6.71. The second-order valence-electron chi connectivity index (χ2n) is 4.53. The summed E-state index contributed by atoms with van der Waals surface area (Å²) in [5.41, 5.74) is 1.32. The minimum atomic E-state index is 0.646. The van der Waals surface area contributed by atoms with Gasteiger partial charge in [0.15, 0.2) is 0 Å². The zero-order valence-electron chi connectivity index (χ0n) is 11.1. The maximum Gasteiger partial charge on any atom is 0.0346 e. The second-order valence-corrected chi connectivity index (χ2v) is 5.69. The molecule has 2 rings (SSSR count). The summed E-state index contributed by atoms with van der Waals surface area (Å²) in [6, 6.07) is 15.7. The molecule has 1 nitrogen and oxygen atoms in total. The SMILES string of the molecule is CCC(CC)NCc1ccc(-c2ccccc2)s1. The normalized spacial score (nSPS) is 11.1. The van der Waals surface area contributed by atoms with E-state index in [0.717, 1.165) is 6.54 Å². The Morgan fingerprint density at radius 3 is 2.39 bits per heavy atom. The fraction of sp³-hybridized carbons (Fsp3) is 0.375. The first-order chi connectivity index (χ1) is 8.83. The molecule has 0 aliphatic heterocycles. The topological polar surface area (TPSA) is 12.0 Å². The Balaban J connectivity index is 1.98. The largest absolute Gasteiger partial charge is 0.309 e. The highest BCUT2D eigenvalue weighted by Gasteiger charge is 2.05. The van der Waals surface area contributed by atoms with Crippen molar-refractivity contribution in [1.82, 2.24) is 5.32 Å². The molecule has 0 spiro atoms. The minimum absolute atomic E-state index is 0.646. The van der Waals surface area contributed by atoms with Gasteiger partial charge in [-0.2, -0.15) is 0 Å². The molecule has 0 saturated carbocycles. The third-order valence-electron chi connectivity index (χ3n) is 3.27. The minimum Gasteiger partial charge on any atom is -0.309 e. The predicted octanol–water partition coefficient (Wildman–Crippen LogP) is 4.69. The molecule has 0 saturated heterocycles.